The van der Waals surface area contributed by atoms with E-state index in [9.17, 15) is 18.3 Å². The minimum atomic E-state index is -3.68. The van der Waals surface area contributed by atoms with E-state index in [0.29, 0.717) is 6.42 Å². The maximum atomic E-state index is 11.8. The number of aliphatic hydroxyl groups is 1. The summed E-state index contributed by atoms with van der Waals surface area (Å²) in [4.78, 5) is 10.9. The number of rotatable bonds is 9. The lowest BCUT2D eigenvalue weighted by atomic mass is 10.1. The lowest BCUT2D eigenvalue weighted by Crippen LogP contribution is -2.42. The number of hydrogen-bond donors (Lipinski definition) is 2. The van der Waals surface area contributed by atoms with Gasteiger partial charge < -0.3 is 9.84 Å². The molecule has 0 bridgehead atoms. The molecule has 0 radical (unpaired) electrons. The Labute approximate surface area is 115 Å². The molecule has 0 aromatic heterocycles. The fourth-order valence-electron chi connectivity index (χ4n) is 1.41. The Morgan fingerprint density at radius 2 is 2.00 bits per heavy atom. The first-order chi connectivity index (χ1) is 8.69. The van der Waals surface area contributed by atoms with Crippen molar-refractivity contribution in [2.75, 3.05) is 27.2 Å². The second-order valence-corrected chi connectivity index (χ2v) is 6.65. The predicted octanol–water partition coefficient (Wildman–Crippen LogP) is -0.277. The molecule has 0 aromatic carbocycles. The van der Waals surface area contributed by atoms with E-state index in [1.165, 1.54) is 14.2 Å². The van der Waals surface area contributed by atoms with Gasteiger partial charge in [-0.05, 0) is 12.3 Å². The van der Waals surface area contributed by atoms with Crippen LogP contribution in [-0.2, 0) is 19.7 Å². The summed E-state index contributed by atoms with van der Waals surface area (Å²) in [6.45, 7) is 3.88. The molecular weight excluding hydrogens is 272 g/mol. The number of nitrogens with one attached hydrogen (secondary N) is 1. The lowest BCUT2D eigenvalue weighted by molar-refractivity contribution is -0.140. The molecule has 0 aliphatic heterocycles. The Bertz CT molecular complexity index is 369. The average molecular weight is 296 g/mol. The van der Waals surface area contributed by atoms with Gasteiger partial charge in [0.05, 0.1) is 19.6 Å². The highest BCUT2D eigenvalue weighted by Gasteiger charge is 2.19. The second kappa shape index (κ2) is 8.47. The summed E-state index contributed by atoms with van der Waals surface area (Å²) in [7, 11) is -1.07. The van der Waals surface area contributed by atoms with Crippen molar-refractivity contribution < 1.29 is 23.1 Å². The first-order valence-electron chi connectivity index (χ1n) is 6.14. The standard InChI is InChI=1S/C11H24N2O5S/c1-9(2)7-10(14)8-12-19(16,17)13(3)6-5-11(15)18-4/h9-10,12,14H,5-8H2,1-4H3. The fourth-order valence-corrected chi connectivity index (χ4v) is 2.37. The molecule has 1 atom stereocenters. The largest absolute Gasteiger partial charge is 0.469 e. The van der Waals surface area contributed by atoms with Gasteiger partial charge in [-0.2, -0.15) is 17.4 Å². The molecular formula is C11H24N2O5S. The van der Waals surface area contributed by atoms with E-state index in [2.05, 4.69) is 9.46 Å². The molecule has 0 saturated heterocycles. The van der Waals surface area contributed by atoms with E-state index in [1.807, 2.05) is 13.8 Å². The molecule has 19 heavy (non-hydrogen) atoms. The van der Waals surface area contributed by atoms with Gasteiger partial charge in [0.15, 0.2) is 0 Å². The molecule has 2 N–H and O–H groups in total. The van der Waals surface area contributed by atoms with E-state index >= 15 is 0 Å². The van der Waals surface area contributed by atoms with E-state index in [-0.39, 0.29) is 25.4 Å². The van der Waals surface area contributed by atoms with Crippen molar-refractivity contribution in [3.8, 4) is 0 Å². The molecule has 0 heterocycles. The van der Waals surface area contributed by atoms with Crippen LogP contribution in [0.1, 0.15) is 26.7 Å². The average Bonchev–Trinajstić information content (AvgIpc) is 2.32. The van der Waals surface area contributed by atoms with Crippen LogP contribution in [0.4, 0.5) is 0 Å². The zero-order valence-electron chi connectivity index (χ0n) is 11.9. The van der Waals surface area contributed by atoms with Crippen molar-refractivity contribution in [1.82, 2.24) is 9.03 Å². The van der Waals surface area contributed by atoms with E-state index < -0.39 is 22.3 Å². The molecule has 0 amide bonds. The maximum Gasteiger partial charge on any atom is 0.306 e. The smallest absolute Gasteiger partial charge is 0.306 e. The van der Waals surface area contributed by atoms with Gasteiger partial charge in [0, 0.05) is 20.1 Å². The van der Waals surface area contributed by atoms with Crippen LogP contribution in [0.2, 0.25) is 0 Å². The van der Waals surface area contributed by atoms with Crippen molar-refractivity contribution in [3.05, 3.63) is 0 Å². The SMILES string of the molecule is COC(=O)CCN(C)S(=O)(=O)NCC(O)CC(C)C. The topological polar surface area (TPSA) is 95.9 Å². The van der Waals surface area contributed by atoms with Gasteiger partial charge in [0.25, 0.3) is 10.2 Å². The first kappa shape index (κ1) is 18.3. The van der Waals surface area contributed by atoms with Gasteiger partial charge in [-0.15, -0.1) is 0 Å². The van der Waals surface area contributed by atoms with Crippen molar-refractivity contribution in [2.45, 2.75) is 32.8 Å². The first-order valence-corrected chi connectivity index (χ1v) is 7.58. The number of carbonyl (C=O) groups excluding carboxylic acids is 1. The molecule has 0 aliphatic carbocycles. The second-order valence-electron chi connectivity index (χ2n) is 4.78. The Hall–Kier alpha value is -0.700. The highest BCUT2D eigenvalue weighted by Crippen LogP contribution is 2.04. The zero-order chi connectivity index (χ0) is 15.1. The molecule has 0 aliphatic rings. The van der Waals surface area contributed by atoms with Gasteiger partial charge in [-0.25, -0.2) is 0 Å². The molecule has 0 spiro atoms. The molecule has 0 fully saturated rings. The summed E-state index contributed by atoms with van der Waals surface area (Å²) in [6, 6.07) is 0. The third kappa shape index (κ3) is 8.14. The summed E-state index contributed by atoms with van der Waals surface area (Å²) < 4.78 is 31.3. The molecule has 114 valence electrons. The van der Waals surface area contributed by atoms with Crippen LogP contribution in [0.5, 0.6) is 0 Å². The number of methoxy groups -OCH3 is 1. The van der Waals surface area contributed by atoms with Crippen molar-refractivity contribution in [3.63, 3.8) is 0 Å². The van der Waals surface area contributed by atoms with Gasteiger partial charge in [0.1, 0.15) is 0 Å². The molecule has 1 unspecified atom stereocenters. The number of ether oxygens (including phenoxy) is 1. The summed E-state index contributed by atoms with van der Waals surface area (Å²) in [6.07, 6.45) is -0.208. The van der Waals surface area contributed by atoms with E-state index in [0.717, 1.165) is 4.31 Å². The monoisotopic (exact) mass is 296 g/mol. The maximum absolute atomic E-state index is 11.8. The summed E-state index contributed by atoms with van der Waals surface area (Å²) in [5, 5.41) is 9.60. The van der Waals surface area contributed by atoms with Crippen LogP contribution in [0.15, 0.2) is 0 Å². The molecule has 0 saturated carbocycles. The molecule has 8 heteroatoms. The van der Waals surface area contributed by atoms with Gasteiger partial charge in [0.2, 0.25) is 0 Å². The number of aliphatic hydroxyl groups excluding tert-OH is 1. The molecule has 0 rings (SSSR count). The minimum absolute atomic E-state index is 0.0115. The quantitative estimate of drug-likeness (QED) is 0.571. The Morgan fingerprint density at radius 1 is 1.42 bits per heavy atom. The number of hydrogen-bond acceptors (Lipinski definition) is 5. The van der Waals surface area contributed by atoms with Crippen molar-refractivity contribution in [2.24, 2.45) is 5.92 Å². The Balaban J connectivity index is 4.19. The summed E-state index contributed by atoms with van der Waals surface area (Å²) in [5.74, 6) is -0.182. The van der Waals surface area contributed by atoms with Gasteiger partial charge in [-0.1, -0.05) is 13.8 Å². The number of esters is 1. The predicted molar refractivity (Wildman–Crippen MR) is 71.6 cm³/mol. The Morgan fingerprint density at radius 3 is 2.47 bits per heavy atom. The van der Waals surface area contributed by atoms with Crippen LogP contribution in [-0.4, -0.2) is 57.1 Å². The number of nitrogens with zero attached hydrogens (tertiary/aromatic N) is 1. The third-order valence-electron chi connectivity index (χ3n) is 2.51. The van der Waals surface area contributed by atoms with Crippen LogP contribution >= 0.6 is 0 Å². The minimum Gasteiger partial charge on any atom is -0.469 e. The van der Waals surface area contributed by atoms with Crippen LogP contribution in [0.25, 0.3) is 0 Å². The summed E-state index contributed by atoms with van der Waals surface area (Å²) in [5.41, 5.74) is 0. The van der Waals surface area contributed by atoms with Gasteiger partial charge in [-0.3, -0.25) is 4.79 Å². The number of carbonyl (C=O) groups is 1. The van der Waals surface area contributed by atoms with Crippen molar-refractivity contribution >= 4 is 16.2 Å². The normalized spacial score (nSPS) is 13.8. The van der Waals surface area contributed by atoms with Gasteiger partial charge >= 0.3 is 5.97 Å². The van der Waals surface area contributed by atoms with E-state index in [1.54, 1.807) is 0 Å². The zero-order valence-corrected chi connectivity index (χ0v) is 12.7. The van der Waals surface area contributed by atoms with Crippen molar-refractivity contribution in [1.29, 1.82) is 0 Å². The lowest BCUT2D eigenvalue weighted by Gasteiger charge is -2.19. The summed E-state index contributed by atoms with van der Waals surface area (Å²) >= 11 is 0. The third-order valence-corrected chi connectivity index (χ3v) is 4.05. The van der Waals surface area contributed by atoms with Crippen LogP contribution in [0.3, 0.4) is 0 Å². The van der Waals surface area contributed by atoms with Crippen LogP contribution < -0.4 is 4.72 Å². The van der Waals surface area contributed by atoms with Crippen LogP contribution in [0, 0.1) is 5.92 Å². The highest BCUT2D eigenvalue weighted by molar-refractivity contribution is 7.87. The molecule has 0 aromatic rings. The van der Waals surface area contributed by atoms with E-state index in [4.69, 9.17) is 0 Å². The molecule has 7 nitrogen and oxygen atoms in total. The highest BCUT2D eigenvalue weighted by atomic mass is 32.2. The Kier molecular flexibility index (Phi) is 8.15. The fraction of sp³-hybridized carbons (Fsp3) is 0.909.